The fourth-order valence-electron chi connectivity index (χ4n) is 1.33. The molecule has 0 amide bonds. The van der Waals surface area contributed by atoms with E-state index in [4.69, 9.17) is 0 Å². The van der Waals surface area contributed by atoms with E-state index in [0.717, 1.165) is 0 Å². The Hall–Kier alpha value is -0.880. The number of hydrogen-bond donors (Lipinski definition) is 1. The van der Waals surface area contributed by atoms with E-state index in [0.29, 0.717) is 0 Å². The van der Waals surface area contributed by atoms with Gasteiger partial charge in [0.25, 0.3) is 11.8 Å². The molecule has 0 heterocycles. The Balaban J connectivity index is 4.44. The number of nitrogens with one attached hydrogen (secondary N) is 1. The second-order valence-corrected chi connectivity index (χ2v) is 4.81. The summed E-state index contributed by atoms with van der Waals surface area (Å²) in [6, 6.07) is 0. The van der Waals surface area contributed by atoms with Crippen LogP contribution in [0.3, 0.4) is 0 Å². The molecule has 0 rings (SSSR count). The Morgan fingerprint density at radius 1 is 0.565 bits per heavy atom. The molecule has 0 aliphatic heterocycles. The monoisotopic (exact) mass is 373 g/mol. The van der Waals surface area contributed by atoms with Crippen molar-refractivity contribution in [1.29, 1.82) is 0 Å². The number of halogens is 12. The largest absolute Gasteiger partial charge is 0.453 e. The van der Waals surface area contributed by atoms with Crippen LogP contribution >= 0.6 is 0 Å². The highest BCUT2D eigenvalue weighted by molar-refractivity contribution is 4.85. The average molecular weight is 373 g/mol. The topological polar surface area (TPSA) is 12.0 Å². The van der Waals surface area contributed by atoms with Gasteiger partial charge >= 0.3 is 18.3 Å². The third-order valence-corrected chi connectivity index (χ3v) is 2.44. The summed E-state index contributed by atoms with van der Waals surface area (Å²) in [5.41, 5.74) is 0. The number of hydrogen-bond acceptors (Lipinski definition) is 1. The van der Waals surface area contributed by atoms with E-state index in [1.165, 1.54) is 5.32 Å². The van der Waals surface area contributed by atoms with Gasteiger partial charge in [-0.2, -0.15) is 35.1 Å². The van der Waals surface area contributed by atoms with Crippen molar-refractivity contribution in [2.75, 3.05) is 13.1 Å². The standard InChI is InChI=1S/C10H11F12N/c11-6(12,1-2-9(17,18)19)4-23-5-7(13,14)3-8(15,16)10(20,21)22/h23H,1-5H2. The molecular weight excluding hydrogens is 362 g/mol. The SMILES string of the molecule is FC(F)(F)CCC(F)(F)CNCC(F)(F)CC(F)(F)C(F)(F)F. The lowest BCUT2D eigenvalue weighted by Crippen LogP contribution is -2.47. The van der Waals surface area contributed by atoms with E-state index >= 15 is 0 Å². The van der Waals surface area contributed by atoms with E-state index in [1.807, 2.05) is 0 Å². The summed E-state index contributed by atoms with van der Waals surface area (Å²) < 4.78 is 147. The minimum Gasteiger partial charge on any atom is -0.306 e. The Bertz CT molecular complexity index is 369. The molecule has 0 bridgehead atoms. The zero-order valence-electron chi connectivity index (χ0n) is 11.1. The van der Waals surface area contributed by atoms with Gasteiger partial charge in [-0.3, -0.25) is 0 Å². The maximum Gasteiger partial charge on any atom is 0.453 e. The molecule has 0 fully saturated rings. The van der Waals surface area contributed by atoms with Gasteiger partial charge < -0.3 is 5.32 Å². The van der Waals surface area contributed by atoms with Crippen molar-refractivity contribution in [2.45, 2.75) is 49.4 Å². The lowest BCUT2D eigenvalue weighted by molar-refractivity contribution is -0.300. The van der Waals surface area contributed by atoms with Crippen molar-refractivity contribution in [3.63, 3.8) is 0 Å². The molecule has 0 atom stereocenters. The van der Waals surface area contributed by atoms with E-state index in [-0.39, 0.29) is 0 Å². The van der Waals surface area contributed by atoms with Gasteiger partial charge in [-0.1, -0.05) is 0 Å². The highest BCUT2D eigenvalue weighted by Gasteiger charge is 2.61. The van der Waals surface area contributed by atoms with Crippen molar-refractivity contribution in [3.05, 3.63) is 0 Å². The highest BCUT2D eigenvalue weighted by atomic mass is 19.4. The molecular formula is C10H11F12N. The summed E-state index contributed by atoms with van der Waals surface area (Å²) in [4.78, 5) is 0. The second kappa shape index (κ2) is 6.93. The first-order chi connectivity index (χ1) is 9.87. The summed E-state index contributed by atoms with van der Waals surface area (Å²) in [5, 5.41) is 1.21. The van der Waals surface area contributed by atoms with Crippen LogP contribution in [-0.4, -0.2) is 43.2 Å². The molecule has 0 spiro atoms. The molecule has 1 nitrogen and oxygen atoms in total. The van der Waals surface area contributed by atoms with Crippen LogP contribution < -0.4 is 5.32 Å². The lowest BCUT2D eigenvalue weighted by atomic mass is 10.1. The van der Waals surface area contributed by atoms with E-state index in [2.05, 4.69) is 0 Å². The minimum atomic E-state index is -6.24. The van der Waals surface area contributed by atoms with Crippen molar-refractivity contribution in [3.8, 4) is 0 Å². The van der Waals surface area contributed by atoms with Gasteiger partial charge in [0.15, 0.2) is 0 Å². The summed E-state index contributed by atoms with van der Waals surface area (Å²) >= 11 is 0. The quantitative estimate of drug-likeness (QED) is 0.604. The van der Waals surface area contributed by atoms with Gasteiger partial charge in [0.2, 0.25) is 0 Å². The number of alkyl halides is 12. The average Bonchev–Trinajstić information content (AvgIpc) is 2.21. The van der Waals surface area contributed by atoms with Crippen LogP contribution in [0.4, 0.5) is 52.7 Å². The molecule has 0 aromatic rings. The summed E-state index contributed by atoms with van der Waals surface area (Å²) in [5.74, 6) is -14.5. The molecule has 23 heavy (non-hydrogen) atoms. The predicted molar refractivity (Wildman–Crippen MR) is 53.7 cm³/mol. The lowest BCUT2D eigenvalue weighted by Gasteiger charge is -2.26. The Labute approximate surface area is 122 Å². The maximum atomic E-state index is 12.9. The van der Waals surface area contributed by atoms with Crippen molar-refractivity contribution in [2.24, 2.45) is 0 Å². The molecule has 140 valence electrons. The molecule has 0 unspecified atom stereocenters. The normalized spacial score (nSPS) is 15.1. The zero-order chi connectivity index (χ0) is 18.7. The molecule has 0 aliphatic carbocycles. The minimum absolute atomic E-state index is 1.21. The molecule has 0 aromatic heterocycles. The molecule has 13 heteroatoms. The van der Waals surface area contributed by atoms with Crippen LogP contribution in [0.2, 0.25) is 0 Å². The van der Waals surface area contributed by atoms with Crippen molar-refractivity contribution < 1.29 is 52.7 Å². The van der Waals surface area contributed by atoms with E-state index in [1.54, 1.807) is 0 Å². The molecule has 0 saturated heterocycles. The molecule has 1 N–H and O–H groups in total. The number of rotatable bonds is 8. The van der Waals surface area contributed by atoms with Gasteiger partial charge in [-0.25, -0.2) is 17.6 Å². The smallest absolute Gasteiger partial charge is 0.306 e. The predicted octanol–water partition coefficient (Wildman–Crippen LogP) is 4.78. The summed E-state index contributed by atoms with van der Waals surface area (Å²) in [6.45, 7) is -3.70. The van der Waals surface area contributed by atoms with Gasteiger partial charge in [0, 0.05) is 12.8 Å². The first-order valence-electron chi connectivity index (χ1n) is 5.85. The van der Waals surface area contributed by atoms with Gasteiger partial charge in [-0.15, -0.1) is 0 Å². The molecule has 0 aromatic carbocycles. The van der Waals surface area contributed by atoms with Crippen LogP contribution in [0.1, 0.15) is 19.3 Å². The first-order valence-corrected chi connectivity index (χ1v) is 5.85. The van der Waals surface area contributed by atoms with Gasteiger partial charge in [0.05, 0.1) is 19.5 Å². The van der Waals surface area contributed by atoms with Crippen molar-refractivity contribution >= 4 is 0 Å². The van der Waals surface area contributed by atoms with E-state index < -0.39 is 62.5 Å². The fraction of sp³-hybridized carbons (Fsp3) is 1.00. The summed E-state index contributed by atoms with van der Waals surface area (Å²) in [6.07, 6.45) is -17.8. The van der Waals surface area contributed by atoms with Crippen LogP contribution in [0, 0.1) is 0 Å². The Morgan fingerprint density at radius 3 is 1.39 bits per heavy atom. The van der Waals surface area contributed by atoms with Gasteiger partial charge in [-0.05, 0) is 0 Å². The maximum absolute atomic E-state index is 12.9. The third kappa shape index (κ3) is 9.11. The van der Waals surface area contributed by atoms with Gasteiger partial charge in [0.1, 0.15) is 0 Å². The molecule has 0 radical (unpaired) electrons. The second-order valence-electron chi connectivity index (χ2n) is 4.81. The Kier molecular flexibility index (Phi) is 6.67. The molecule has 0 saturated carbocycles. The highest BCUT2D eigenvalue weighted by Crippen LogP contribution is 2.42. The zero-order valence-corrected chi connectivity index (χ0v) is 11.1. The summed E-state index contributed by atoms with van der Waals surface area (Å²) in [7, 11) is 0. The van der Waals surface area contributed by atoms with Crippen LogP contribution in [-0.2, 0) is 0 Å². The van der Waals surface area contributed by atoms with Crippen LogP contribution in [0.25, 0.3) is 0 Å². The van der Waals surface area contributed by atoms with Crippen molar-refractivity contribution in [1.82, 2.24) is 5.32 Å². The Morgan fingerprint density at radius 2 is 1.00 bits per heavy atom. The molecule has 0 aliphatic rings. The fourth-order valence-corrected chi connectivity index (χ4v) is 1.33. The first kappa shape index (κ1) is 22.1. The third-order valence-electron chi connectivity index (χ3n) is 2.44. The van der Waals surface area contributed by atoms with Crippen LogP contribution in [0.15, 0.2) is 0 Å². The van der Waals surface area contributed by atoms with Crippen LogP contribution in [0.5, 0.6) is 0 Å². The van der Waals surface area contributed by atoms with E-state index in [9.17, 15) is 52.7 Å².